The Balaban J connectivity index is 1.54. The van der Waals surface area contributed by atoms with Crippen molar-refractivity contribution in [1.82, 2.24) is 19.7 Å². The van der Waals surface area contributed by atoms with Crippen molar-refractivity contribution in [3.05, 3.63) is 23.2 Å². The lowest BCUT2D eigenvalue weighted by Crippen LogP contribution is -2.37. The van der Waals surface area contributed by atoms with Crippen LogP contribution in [0.4, 0.5) is 0 Å². The molecule has 7 heteroatoms. The molecule has 0 bridgehead atoms. The molecule has 0 radical (unpaired) electrons. The van der Waals surface area contributed by atoms with Crippen LogP contribution in [0.5, 0.6) is 0 Å². The molecule has 1 aliphatic heterocycles. The Morgan fingerprint density at radius 1 is 1.31 bits per heavy atom. The van der Waals surface area contributed by atoms with Crippen molar-refractivity contribution < 1.29 is 13.9 Å². The Morgan fingerprint density at radius 2 is 2.14 bits per heavy atom. The van der Waals surface area contributed by atoms with Crippen LogP contribution in [0.3, 0.4) is 0 Å². The molecule has 1 saturated carbocycles. The first kappa shape index (κ1) is 20.1. The largest absolute Gasteiger partial charge is 0.440 e. The van der Waals surface area contributed by atoms with E-state index in [4.69, 9.17) is 14.3 Å². The first-order valence-corrected chi connectivity index (χ1v) is 11.0. The van der Waals surface area contributed by atoms with E-state index in [0.29, 0.717) is 44.5 Å². The number of oxazole rings is 1. The van der Waals surface area contributed by atoms with Crippen molar-refractivity contribution >= 4 is 5.91 Å². The van der Waals surface area contributed by atoms with Crippen molar-refractivity contribution in [3.8, 4) is 11.6 Å². The molecule has 1 fully saturated rings. The fraction of sp³-hybridized carbons (Fsp3) is 0.682. The van der Waals surface area contributed by atoms with Crippen molar-refractivity contribution in [2.45, 2.75) is 71.9 Å². The summed E-state index contributed by atoms with van der Waals surface area (Å²) in [5.41, 5.74) is 3.02. The van der Waals surface area contributed by atoms with Gasteiger partial charge in [0.05, 0.1) is 19.3 Å². The minimum Gasteiger partial charge on any atom is -0.440 e. The molecule has 4 rings (SSSR count). The fourth-order valence-corrected chi connectivity index (χ4v) is 4.59. The predicted molar refractivity (Wildman–Crippen MR) is 109 cm³/mol. The van der Waals surface area contributed by atoms with E-state index < -0.39 is 0 Å². The van der Waals surface area contributed by atoms with Gasteiger partial charge >= 0.3 is 0 Å². The summed E-state index contributed by atoms with van der Waals surface area (Å²) < 4.78 is 13.3. The maximum atomic E-state index is 13.0. The van der Waals surface area contributed by atoms with Gasteiger partial charge in [-0.05, 0) is 32.6 Å². The summed E-state index contributed by atoms with van der Waals surface area (Å²) in [5, 5.41) is 4.80. The zero-order valence-electron chi connectivity index (χ0n) is 17.7. The fourth-order valence-electron chi connectivity index (χ4n) is 4.59. The third kappa shape index (κ3) is 4.55. The van der Waals surface area contributed by atoms with Gasteiger partial charge in [0.25, 0.3) is 0 Å². The SMILES string of the molecule is CCOCCn1nc(-c2ncc(C)o2)c2c1CCN(C(=O)CC1CCCCC1)C2. The van der Waals surface area contributed by atoms with E-state index >= 15 is 0 Å². The van der Waals surface area contributed by atoms with Crippen LogP contribution in [-0.2, 0) is 29.0 Å². The second kappa shape index (κ2) is 9.11. The zero-order valence-corrected chi connectivity index (χ0v) is 17.7. The van der Waals surface area contributed by atoms with Gasteiger partial charge < -0.3 is 14.1 Å². The maximum absolute atomic E-state index is 13.0. The van der Waals surface area contributed by atoms with Crippen molar-refractivity contribution in [1.29, 1.82) is 0 Å². The Bertz CT molecular complexity index is 835. The van der Waals surface area contributed by atoms with Crippen LogP contribution in [0.2, 0.25) is 0 Å². The van der Waals surface area contributed by atoms with Crippen LogP contribution in [0.25, 0.3) is 11.6 Å². The van der Waals surface area contributed by atoms with Gasteiger partial charge in [0.1, 0.15) is 5.76 Å². The van der Waals surface area contributed by atoms with E-state index in [1.165, 1.54) is 37.8 Å². The summed E-state index contributed by atoms with van der Waals surface area (Å²) in [6.45, 7) is 7.24. The smallest absolute Gasteiger partial charge is 0.247 e. The Kier molecular flexibility index (Phi) is 6.33. The summed E-state index contributed by atoms with van der Waals surface area (Å²) in [4.78, 5) is 19.4. The highest BCUT2D eigenvalue weighted by atomic mass is 16.5. The number of rotatable bonds is 7. The van der Waals surface area contributed by atoms with E-state index in [2.05, 4.69) is 4.98 Å². The van der Waals surface area contributed by atoms with Gasteiger partial charge in [-0.25, -0.2) is 4.98 Å². The van der Waals surface area contributed by atoms with E-state index in [-0.39, 0.29) is 5.91 Å². The Labute approximate surface area is 172 Å². The summed E-state index contributed by atoms with van der Waals surface area (Å²) in [7, 11) is 0. The Hall–Kier alpha value is -2.15. The molecule has 0 unspecified atom stereocenters. The van der Waals surface area contributed by atoms with Crippen LogP contribution in [0.1, 0.15) is 62.5 Å². The molecule has 0 aromatic carbocycles. The molecule has 2 aromatic heterocycles. The number of fused-ring (bicyclic) bond motifs is 1. The van der Waals surface area contributed by atoms with Crippen LogP contribution >= 0.6 is 0 Å². The molecule has 0 N–H and O–H groups in total. The van der Waals surface area contributed by atoms with Crippen LogP contribution in [0.15, 0.2) is 10.6 Å². The number of nitrogens with zero attached hydrogens (tertiary/aromatic N) is 4. The summed E-state index contributed by atoms with van der Waals surface area (Å²) in [6.07, 6.45) is 9.45. The third-order valence-corrected chi connectivity index (χ3v) is 6.15. The van der Waals surface area contributed by atoms with Gasteiger partial charge in [-0.3, -0.25) is 9.48 Å². The molecule has 0 spiro atoms. The molecular formula is C22H32N4O3. The first-order chi connectivity index (χ1) is 14.2. The molecular weight excluding hydrogens is 368 g/mol. The quantitative estimate of drug-likeness (QED) is 0.662. The van der Waals surface area contributed by atoms with Crippen molar-refractivity contribution in [3.63, 3.8) is 0 Å². The number of aryl methyl sites for hydroxylation is 1. The minimum atomic E-state index is 0.277. The third-order valence-electron chi connectivity index (χ3n) is 6.15. The highest BCUT2D eigenvalue weighted by Gasteiger charge is 2.30. The average molecular weight is 401 g/mol. The summed E-state index contributed by atoms with van der Waals surface area (Å²) in [6, 6.07) is 0. The maximum Gasteiger partial charge on any atom is 0.247 e. The number of hydrogen-bond acceptors (Lipinski definition) is 5. The Morgan fingerprint density at radius 3 is 2.86 bits per heavy atom. The molecule has 1 amide bonds. The summed E-state index contributed by atoms with van der Waals surface area (Å²) in [5.74, 6) is 2.13. The van der Waals surface area contributed by atoms with Gasteiger partial charge in [-0.1, -0.05) is 19.3 Å². The van der Waals surface area contributed by atoms with Crippen molar-refractivity contribution in [2.75, 3.05) is 19.8 Å². The van der Waals surface area contributed by atoms with E-state index in [1.807, 2.05) is 23.4 Å². The highest BCUT2D eigenvalue weighted by molar-refractivity contribution is 5.77. The van der Waals surface area contributed by atoms with Crippen LogP contribution in [-0.4, -0.2) is 45.3 Å². The molecule has 158 valence electrons. The number of amides is 1. The first-order valence-electron chi connectivity index (χ1n) is 11.0. The van der Waals surface area contributed by atoms with Gasteiger partial charge in [0.2, 0.25) is 11.8 Å². The lowest BCUT2D eigenvalue weighted by molar-refractivity contribution is -0.133. The lowest BCUT2D eigenvalue weighted by atomic mass is 9.86. The van der Waals surface area contributed by atoms with E-state index in [0.717, 1.165) is 30.0 Å². The van der Waals surface area contributed by atoms with E-state index in [9.17, 15) is 4.79 Å². The lowest BCUT2D eigenvalue weighted by Gasteiger charge is -2.30. The molecule has 2 aromatic rings. The second-order valence-electron chi connectivity index (χ2n) is 8.24. The summed E-state index contributed by atoms with van der Waals surface area (Å²) >= 11 is 0. The predicted octanol–water partition coefficient (Wildman–Crippen LogP) is 3.74. The number of carbonyl (C=O) groups excluding carboxylic acids is 1. The minimum absolute atomic E-state index is 0.277. The molecule has 1 aliphatic carbocycles. The van der Waals surface area contributed by atoms with Gasteiger partial charge in [-0.2, -0.15) is 5.10 Å². The molecule has 2 aliphatic rings. The normalized spacial score (nSPS) is 17.5. The van der Waals surface area contributed by atoms with Crippen LogP contribution in [0, 0.1) is 12.8 Å². The standard InChI is InChI=1S/C22H32N4O3/c1-3-28-12-11-26-19-9-10-25(20(27)13-17-7-5-4-6-8-17)15-18(19)21(24-26)22-23-14-16(2)29-22/h14,17H,3-13,15H2,1-2H3. The monoisotopic (exact) mass is 400 g/mol. The van der Waals surface area contributed by atoms with Gasteiger partial charge in [0.15, 0.2) is 5.69 Å². The number of ether oxygens (including phenoxy) is 1. The van der Waals surface area contributed by atoms with Crippen molar-refractivity contribution in [2.24, 2.45) is 5.92 Å². The van der Waals surface area contributed by atoms with Gasteiger partial charge in [0, 0.05) is 43.8 Å². The molecule has 0 saturated heterocycles. The van der Waals surface area contributed by atoms with Crippen LogP contribution < -0.4 is 0 Å². The molecule has 3 heterocycles. The average Bonchev–Trinajstić information content (AvgIpc) is 3.32. The van der Waals surface area contributed by atoms with E-state index in [1.54, 1.807) is 6.20 Å². The topological polar surface area (TPSA) is 73.4 Å². The number of hydrogen-bond donors (Lipinski definition) is 0. The molecule has 7 nitrogen and oxygen atoms in total. The zero-order chi connectivity index (χ0) is 20.2. The molecule has 0 atom stereocenters. The number of carbonyl (C=O) groups is 1. The number of aromatic nitrogens is 3. The van der Waals surface area contributed by atoms with Gasteiger partial charge in [-0.15, -0.1) is 0 Å². The highest BCUT2D eigenvalue weighted by Crippen LogP contribution is 2.32. The second-order valence-corrected chi connectivity index (χ2v) is 8.24. The molecule has 29 heavy (non-hydrogen) atoms.